The Balaban J connectivity index is 2.18. The van der Waals surface area contributed by atoms with Crippen molar-refractivity contribution in [3.63, 3.8) is 0 Å². The number of hydrogen-bond donors (Lipinski definition) is 2. The Morgan fingerprint density at radius 3 is 2.33 bits per heavy atom. The van der Waals surface area contributed by atoms with Gasteiger partial charge in [0.25, 0.3) is 0 Å². The maximum Gasteiger partial charge on any atom is 0.418 e. The van der Waals surface area contributed by atoms with E-state index in [2.05, 4.69) is 10.3 Å². The minimum atomic E-state index is -1.23. The molecule has 2 N–H and O–H groups in total. The maximum atomic E-state index is 12.5. The van der Waals surface area contributed by atoms with E-state index in [-0.39, 0.29) is 6.54 Å². The number of nitrogens with zero attached hydrogens (tertiary/aromatic N) is 3. The van der Waals surface area contributed by atoms with Gasteiger partial charge in [0.05, 0.1) is 5.69 Å². The van der Waals surface area contributed by atoms with E-state index < -0.39 is 29.7 Å². The number of aliphatic hydroxyl groups is 1. The molecule has 2 rings (SSSR count). The average molecular weight is 380 g/mol. The lowest BCUT2D eigenvalue weighted by Gasteiger charge is -2.27. The van der Waals surface area contributed by atoms with Crippen molar-refractivity contribution in [1.29, 1.82) is 0 Å². The van der Waals surface area contributed by atoms with Crippen LogP contribution in [0.3, 0.4) is 0 Å². The molecule has 0 saturated heterocycles. The minimum absolute atomic E-state index is 0.164. The van der Waals surface area contributed by atoms with Gasteiger partial charge < -0.3 is 24.8 Å². The molecule has 0 spiro atoms. The molecule has 0 aliphatic carbocycles. The summed E-state index contributed by atoms with van der Waals surface area (Å²) < 4.78 is 10.6. The van der Waals surface area contributed by atoms with Gasteiger partial charge in [-0.3, -0.25) is 0 Å². The van der Waals surface area contributed by atoms with Crippen molar-refractivity contribution < 1.29 is 24.2 Å². The molecule has 2 heterocycles. The van der Waals surface area contributed by atoms with Gasteiger partial charge in [-0.1, -0.05) is 0 Å². The van der Waals surface area contributed by atoms with Crippen LogP contribution in [-0.4, -0.2) is 46.9 Å². The van der Waals surface area contributed by atoms with Gasteiger partial charge in [0.15, 0.2) is 5.82 Å². The standard InChI is InChI=1S/C18H28N4O5/c1-17(2,3)26-14(23)20-10-11-8-12-13(19-9-11)21(7)15(24)22(12)16(25)27-18(4,5)6/h8-9,15,24H,10H2,1-7H3,(H,20,23). The second-order valence-electron chi connectivity index (χ2n) is 8.35. The summed E-state index contributed by atoms with van der Waals surface area (Å²) in [6.07, 6.45) is -0.891. The lowest BCUT2D eigenvalue weighted by Crippen LogP contribution is -2.46. The van der Waals surface area contributed by atoms with Gasteiger partial charge in [0.2, 0.25) is 6.35 Å². The zero-order valence-electron chi connectivity index (χ0n) is 16.9. The van der Waals surface area contributed by atoms with Crippen LogP contribution in [0.15, 0.2) is 12.3 Å². The fraction of sp³-hybridized carbons (Fsp3) is 0.611. The highest BCUT2D eigenvalue weighted by Gasteiger charge is 2.40. The zero-order chi connectivity index (χ0) is 20.6. The number of aromatic nitrogens is 1. The quantitative estimate of drug-likeness (QED) is 0.812. The fourth-order valence-corrected chi connectivity index (χ4v) is 2.43. The first-order valence-electron chi connectivity index (χ1n) is 8.67. The molecule has 1 aromatic heterocycles. The molecular weight excluding hydrogens is 352 g/mol. The first kappa shape index (κ1) is 20.8. The molecule has 0 saturated carbocycles. The van der Waals surface area contributed by atoms with Crippen LogP contribution in [0.1, 0.15) is 47.1 Å². The largest absolute Gasteiger partial charge is 0.444 e. The molecule has 150 valence electrons. The molecule has 9 heteroatoms. The highest BCUT2D eigenvalue weighted by Crippen LogP contribution is 2.37. The number of anilines is 2. The van der Waals surface area contributed by atoms with E-state index in [4.69, 9.17) is 9.47 Å². The normalized spacial score (nSPS) is 16.8. The summed E-state index contributed by atoms with van der Waals surface area (Å²) in [6, 6.07) is 1.68. The summed E-state index contributed by atoms with van der Waals surface area (Å²) in [5.74, 6) is 0.439. The first-order chi connectivity index (χ1) is 12.3. The third-order valence-corrected chi connectivity index (χ3v) is 3.50. The van der Waals surface area contributed by atoms with Crippen LogP contribution in [-0.2, 0) is 16.0 Å². The number of nitrogens with one attached hydrogen (secondary N) is 1. The van der Waals surface area contributed by atoms with E-state index in [1.165, 1.54) is 4.90 Å². The Labute approximate surface area is 159 Å². The predicted molar refractivity (Wildman–Crippen MR) is 100 cm³/mol. The zero-order valence-corrected chi connectivity index (χ0v) is 16.9. The number of ether oxygens (including phenoxy) is 2. The lowest BCUT2D eigenvalue weighted by atomic mass is 10.2. The number of pyridine rings is 1. The monoisotopic (exact) mass is 380 g/mol. The topological polar surface area (TPSA) is 104 Å². The summed E-state index contributed by atoms with van der Waals surface area (Å²) in [7, 11) is 1.62. The van der Waals surface area contributed by atoms with Gasteiger partial charge in [-0.15, -0.1) is 0 Å². The molecule has 1 aliphatic rings. The number of carbonyl (C=O) groups is 2. The molecule has 1 aliphatic heterocycles. The number of carbonyl (C=O) groups excluding carboxylic acids is 2. The molecular formula is C18H28N4O5. The summed E-state index contributed by atoms with van der Waals surface area (Å²) in [5, 5.41) is 13.0. The van der Waals surface area contributed by atoms with E-state index in [0.717, 1.165) is 4.90 Å². The van der Waals surface area contributed by atoms with Crippen molar-refractivity contribution in [3.8, 4) is 0 Å². The molecule has 0 radical (unpaired) electrons. The van der Waals surface area contributed by atoms with Crippen LogP contribution in [0.2, 0.25) is 0 Å². The van der Waals surface area contributed by atoms with E-state index in [9.17, 15) is 14.7 Å². The first-order valence-corrected chi connectivity index (χ1v) is 8.67. The number of alkyl carbamates (subject to hydrolysis) is 1. The number of aliphatic hydroxyl groups excluding tert-OH is 1. The van der Waals surface area contributed by atoms with Gasteiger partial charge >= 0.3 is 12.2 Å². The Bertz CT molecular complexity index is 723. The Hall–Kier alpha value is -2.55. The maximum absolute atomic E-state index is 12.5. The summed E-state index contributed by atoms with van der Waals surface area (Å²) in [5.41, 5.74) is -0.249. The van der Waals surface area contributed by atoms with Crippen molar-refractivity contribution in [2.75, 3.05) is 16.8 Å². The van der Waals surface area contributed by atoms with Crippen LogP contribution in [0.5, 0.6) is 0 Å². The third-order valence-electron chi connectivity index (χ3n) is 3.50. The molecule has 27 heavy (non-hydrogen) atoms. The summed E-state index contributed by atoms with van der Waals surface area (Å²) >= 11 is 0. The second kappa shape index (κ2) is 7.22. The molecule has 2 amide bonds. The number of fused-ring (bicyclic) bond motifs is 1. The highest BCUT2D eigenvalue weighted by atomic mass is 16.6. The number of hydrogen-bond acceptors (Lipinski definition) is 7. The molecule has 0 aromatic carbocycles. The molecule has 9 nitrogen and oxygen atoms in total. The average Bonchev–Trinajstić information content (AvgIpc) is 2.73. The van der Waals surface area contributed by atoms with Gasteiger partial charge in [-0.05, 0) is 53.2 Å². The van der Waals surface area contributed by atoms with Crippen molar-refractivity contribution in [1.82, 2.24) is 10.3 Å². The molecule has 1 atom stereocenters. The van der Waals surface area contributed by atoms with Gasteiger partial charge in [-0.2, -0.15) is 0 Å². The molecule has 1 unspecified atom stereocenters. The number of amides is 2. The van der Waals surface area contributed by atoms with Crippen molar-refractivity contribution >= 4 is 23.7 Å². The Morgan fingerprint density at radius 1 is 1.19 bits per heavy atom. The minimum Gasteiger partial charge on any atom is -0.444 e. The van der Waals surface area contributed by atoms with Gasteiger partial charge in [0.1, 0.15) is 11.2 Å². The molecule has 0 fully saturated rings. The van der Waals surface area contributed by atoms with Crippen molar-refractivity contribution in [2.45, 2.75) is 65.6 Å². The van der Waals surface area contributed by atoms with Crippen LogP contribution in [0, 0.1) is 0 Å². The van der Waals surface area contributed by atoms with Crippen LogP contribution < -0.4 is 15.1 Å². The third kappa shape index (κ3) is 5.22. The van der Waals surface area contributed by atoms with E-state index in [1.54, 1.807) is 60.9 Å². The Morgan fingerprint density at radius 2 is 1.78 bits per heavy atom. The second-order valence-corrected chi connectivity index (χ2v) is 8.35. The van der Waals surface area contributed by atoms with Gasteiger partial charge in [0, 0.05) is 19.8 Å². The smallest absolute Gasteiger partial charge is 0.418 e. The number of rotatable bonds is 2. The van der Waals surface area contributed by atoms with Crippen LogP contribution in [0.4, 0.5) is 21.1 Å². The van der Waals surface area contributed by atoms with E-state index >= 15 is 0 Å². The SMILES string of the molecule is CN1c2ncc(CNC(=O)OC(C)(C)C)cc2N(C(=O)OC(C)(C)C)C1O. The fourth-order valence-electron chi connectivity index (χ4n) is 2.43. The molecule has 1 aromatic rings. The summed E-state index contributed by atoms with van der Waals surface area (Å²) in [4.78, 5) is 31.2. The molecule has 0 bridgehead atoms. The van der Waals surface area contributed by atoms with E-state index in [1.807, 2.05) is 0 Å². The Kier molecular flexibility index (Phi) is 5.55. The van der Waals surface area contributed by atoms with E-state index in [0.29, 0.717) is 17.1 Å². The lowest BCUT2D eigenvalue weighted by molar-refractivity contribution is 0.0483. The van der Waals surface area contributed by atoms with Gasteiger partial charge in [-0.25, -0.2) is 19.5 Å². The van der Waals surface area contributed by atoms with Crippen LogP contribution in [0.25, 0.3) is 0 Å². The predicted octanol–water partition coefficient (Wildman–Crippen LogP) is 2.57. The van der Waals surface area contributed by atoms with Crippen molar-refractivity contribution in [2.24, 2.45) is 0 Å². The summed E-state index contributed by atoms with van der Waals surface area (Å²) in [6.45, 7) is 10.7. The van der Waals surface area contributed by atoms with Crippen LogP contribution >= 0.6 is 0 Å². The van der Waals surface area contributed by atoms with Crippen molar-refractivity contribution in [3.05, 3.63) is 17.8 Å². The highest BCUT2D eigenvalue weighted by molar-refractivity contribution is 5.95.